The van der Waals surface area contributed by atoms with Crippen molar-refractivity contribution in [2.45, 2.75) is 38.0 Å². The number of piperidine rings is 1. The Kier molecular flexibility index (Phi) is 8.29. The van der Waals surface area contributed by atoms with Gasteiger partial charge in [-0.05, 0) is 73.5 Å². The highest BCUT2D eigenvalue weighted by atomic mass is 19.1. The molecule has 0 radical (unpaired) electrons. The van der Waals surface area contributed by atoms with Crippen molar-refractivity contribution >= 4 is 16.9 Å². The van der Waals surface area contributed by atoms with Gasteiger partial charge in [-0.2, -0.15) is 0 Å². The molecule has 0 amide bonds. The van der Waals surface area contributed by atoms with Crippen LogP contribution < -0.4 is 4.74 Å². The Labute approximate surface area is 204 Å². The zero-order chi connectivity index (χ0) is 24.8. The second-order valence-corrected chi connectivity index (χ2v) is 9.29. The minimum absolute atomic E-state index is 0.111. The van der Waals surface area contributed by atoms with E-state index in [2.05, 4.69) is 4.98 Å². The molecule has 5 nitrogen and oxygen atoms in total. The number of hydrogen-bond acceptors (Lipinski definition) is 4. The van der Waals surface area contributed by atoms with Gasteiger partial charge in [0.25, 0.3) is 0 Å². The normalized spacial score (nSPS) is 20.4. The van der Waals surface area contributed by atoms with Crippen molar-refractivity contribution in [2.75, 3.05) is 26.7 Å². The lowest BCUT2D eigenvalue weighted by Crippen LogP contribution is -2.44. The van der Waals surface area contributed by atoms with Crippen LogP contribution in [0.4, 0.5) is 8.78 Å². The molecular formula is C28H32F2N2O3. The summed E-state index contributed by atoms with van der Waals surface area (Å²) < 4.78 is 35.2. The van der Waals surface area contributed by atoms with Gasteiger partial charge in [0, 0.05) is 24.7 Å². The molecular weight excluding hydrogens is 450 g/mol. The monoisotopic (exact) mass is 482 g/mol. The van der Waals surface area contributed by atoms with Gasteiger partial charge in [0.2, 0.25) is 0 Å². The van der Waals surface area contributed by atoms with E-state index in [1.807, 2.05) is 23.1 Å². The van der Waals surface area contributed by atoms with Crippen molar-refractivity contribution in [1.82, 2.24) is 9.88 Å². The van der Waals surface area contributed by atoms with Gasteiger partial charge in [0.05, 0.1) is 18.5 Å². The number of carboxylic acid groups (broad SMARTS) is 1. The summed E-state index contributed by atoms with van der Waals surface area (Å²) in [4.78, 5) is 18.4. The highest BCUT2D eigenvalue weighted by Crippen LogP contribution is 2.35. The summed E-state index contributed by atoms with van der Waals surface area (Å²) in [5, 5.41) is 10.6. The van der Waals surface area contributed by atoms with Gasteiger partial charge in [0.15, 0.2) is 0 Å². The van der Waals surface area contributed by atoms with Gasteiger partial charge < -0.3 is 14.7 Å². The van der Waals surface area contributed by atoms with Crippen molar-refractivity contribution in [1.29, 1.82) is 0 Å². The Hall–Kier alpha value is -3.06. The minimum Gasteiger partial charge on any atom is -0.497 e. The van der Waals surface area contributed by atoms with Gasteiger partial charge in [-0.1, -0.05) is 30.3 Å². The van der Waals surface area contributed by atoms with Crippen LogP contribution in [-0.2, 0) is 4.79 Å². The molecule has 2 heterocycles. The second kappa shape index (κ2) is 11.6. The SMILES string of the molecule is COc1ccc2nccc(C(F)CC[C@@H]3CCN(CCC(F)c4ccccc4)C[C@@H]3C(=O)O)c2c1. The van der Waals surface area contributed by atoms with Gasteiger partial charge in [0.1, 0.15) is 18.1 Å². The number of halogens is 2. The fourth-order valence-corrected chi connectivity index (χ4v) is 5.08. The first-order chi connectivity index (χ1) is 17.0. The predicted molar refractivity (Wildman–Crippen MR) is 132 cm³/mol. The molecule has 1 aliphatic heterocycles. The fraction of sp³-hybridized carbons (Fsp3) is 0.429. The van der Waals surface area contributed by atoms with E-state index in [9.17, 15) is 14.3 Å². The molecule has 35 heavy (non-hydrogen) atoms. The number of ether oxygens (including phenoxy) is 1. The lowest BCUT2D eigenvalue weighted by Gasteiger charge is -2.37. The van der Waals surface area contributed by atoms with Crippen LogP contribution in [-0.4, -0.2) is 47.7 Å². The number of rotatable bonds is 10. The van der Waals surface area contributed by atoms with Gasteiger partial charge in [-0.3, -0.25) is 9.78 Å². The summed E-state index contributed by atoms with van der Waals surface area (Å²) in [6.07, 6.45) is 1.02. The lowest BCUT2D eigenvalue weighted by atomic mass is 9.81. The number of pyridine rings is 1. The number of aromatic nitrogens is 1. The number of nitrogens with zero attached hydrogens (tertiary/aromatic N) is 2. The number of methoxy groups -OCH3 is 1. The van der Waals surface area contributed by atoms with E-state index in [4.69, 9.17) is 4.74 Å². The number of benzene rings is 2. The first-order valence-corrected chi connectivity index (χ1v) is 12.2. The van der Waals surface area contributed by atoms with Crippen LogP contribution in [0.2, 0.25) is 0 Å². The van der Waals surface area contributed by atoms with Crippen molar-refractivity contribution in [3.63, 3.8) is 0 Å². The topological polar surface area (TPSA) is 62.7 Å². The maximum Gasteiger partial charge on any atom is 0.308 e. The maximum absolute atomic E-state index is 15.4. The van der Waals surface area contributed by atoms with Gasteiger partial charge >= 0.3 is 5.97 Å². The third-order valence-corrected chi connectivity index (χ3v) is 7.13. The quantitative estimate of drug-likeness (QED) is 0.375. The molecule has 7 heteroatoms. The molecule has 4 atom stereocenters. The largest absolute Gasteiger partial charge is 0.497 e. The zero-order valence-electron chi connectivity index (χ0n) is 19.9. The first-order valence-electron chi connectivity index (χ1n) is 12.2. The average molecular weight is 483 g/mol. The molecule has 2 unspecified atom stereocenters. The summed E-state index contributed by atoms with van der Waals surface area (Å²) in [6.45, 7) is 1.57. The Morgan fingerprint density at radius 1 is 1.14 bits per heavy atom. The van der Waals surface area contributed by atoms with Crippen molar-refractivity contribution in [3.05, 3.63) is 71.9 Å². The first kappa shape index (κ1) is 25.0. The molecule has 2 aromatic carbocycles. The Morgan fingerprint density at radius 3 is 2.69 bits per heavy atom. The van der Waals surface area contributed by atoms with E-state index >= 15 is 4.39 Å². The molecule has 3 aromatic rings. The van der Waals surface area contributed by atoms with Crippen LogP contribution in [0.25, 0.3) is 10.9 Å². The zero-order valence-corrected chi connectivity index (χ0v) is 19.9. The summed E-state index contributed by atoms with van der Waals surface area (Å²) in [6, 6.07) is 16.1. The Bertz CT molecular complexity index is 1130. The Balaban J connectivity index is 1.35. The Morgan fingerprint density at radius 2 is 1.94 bits per heavy atom. The molecule has 186 valence electrons. The van der Waals surface area contributed by atoms with E-state index in [0.29, 0.717) is 66.7 Å². The number of alkyl halides is 2. The van der Waals surface area contributed by atoms with Crippen molar-refractivity contribution in [2.24, 2.45) is 11.8 Å². The third kappa shape index (κ3) is 6.14. The van der Waals surface area contributed by atoms with Crippen LogP contribution in [0, 0.1) is 11.8 Å². The smallest absolute Gasteiger partial charge is 0.308 e. The molecule has 0 saturated carbocycles. The molecule has 1 fully saturated rings. The van der Waals surface area contributed by atoms with E-state index in [0.717, 1.165) is 0 Å². The van der Waals surface area contributed by atoms with Crippen molar-refractivity contribution < 1.29 is 23.4 Å². The van der Waals surface area contributed by atoms with E-state index in [-0.39, 0.29) is 12.3 Å². The second-order valence-electron chi connectivity index (χ2n) is 9.29. The standard InChI is InChI=1S/C28H32F2N2O3/c1-35-21-8-10-27-23(17-21)22(11-14-31-27)26(30)9-7-19-12-15-32(18-24(19)28(33)34)16-13-25(29)20-5-3-2-4-6-20/h2-6,8,10-11,14,17,19,24-26H,7,9,12-13,15-16,18H2,1H3,(H,33,34)/t19-,24+,25?,26?/m1/s1. The van der Waals surface area contributed by atoms with E-state index in [1.165, 1.54) is 0 Å². The minimum atomic E-state index is -1.22. The molecule has 0 spiro atoms. The molecule has 1 N–H and O–H groups in total. The van der Waals surface area contributed by atoms with E-state index in [1.54, 1.807) is 49.7 Å². The number of hydrogen-bond donors (Lipinski definition) is 1. The molecule has 0 bridgehead atoms. The number of likely N-dealkylation sites (tertiary alicyclic amines) is 1. The average Bonchev–Trinajstić information content (AvgIpc) is 2.90. The summed E-state index contributed by atoms with van der Waals surface area (Å²) in [5.74, 6) is -0.922. The van der Waals surface area contributed by atoms with Crippen LogP contribution in [0.5, 0.6) is 5.75 Å². The predicted octanol–water partition coefficient (Wildman–Crippen LogP) is 6.16. The molecule has 1 aliphatic rings. The van der Waals surface area contributed by atoms with Crippen LogP contribution in [0.1, 0.15) is 49.2 Å². The third-order valence-electron chi connectivity index (χ3n) is 7.13. The number of fused-ring (bicyclic) bond motifs is 1. The van der Waals surface area contributed by atoms with Crippen molar-refractivity contribution in [3.8, 4) is 5.75 Å². The molecule has 1 aromatic heterocycles. The van der Waals surface area contributed by atoms with Crippen LogP contribution >= 0.6 is 0 Å². The lowest BCUT2D eigenvalue weighted by molar-refractivity contribution is -0.146. The number of carbonyl (C=O) groups is 1. The van der Waals surface area contributed by atoms with Gasteiger partial charge in [-0.15, -0.1) is 0 Å². The molecule has 1 saturated heterocycles. The summed E-state index contributed by atoms with van der Waals surface area (Å²) in [7, 11) is 1.57. The maximum atomic E-state index is 15.4. The fourth-order valence-electron chi connectivity index (χ4n) is 5.08. The molecule has 0 aliphatic carbocycles. The van der Waals surface area contributed by atoms with Gasteiger partial charge in [-0.25, -0.2) is 8.78 Å². The summed E-state index contributed by atoms with van der Waals surface area (Å²) in [5.41, 5.74) is 1.89. The number of carboxylic acids is 1. The number of aliphatic carboxylic acids is 1. The highest BCUT2D eigenvalue weighted by molar-refractivity contribution is 5.83. The van der Waals surface area contributed by atoms with Crippen LogP contribution in [0.15, 0.2) is 60.8 Å². The van der Waals surface area contributed by atoms with E-state index < -0.39 is 24.2 Å². The summed E-state index contributed by atoms with van der Waals surface area (Å²) >= 11 is 0. The van der Waals surface area contributed by atoms with Crippen LogP contribution in [0.3, 0.4) is 0 Å². The molecule has 4 rings (SSSR count). The highest BCUT2D eigenvalue weighted by Gasteiger charge is 2.34.